The summed E-state index contributed by atoms with van der Waals surface area (Å²) in [5.74, 6) is 0. The van der Waals surface area contributed by atoms with Gasteiger partial charge >= 0.3 is 0 Å². The summed E-state index contributed by atoms with van der Waals surface area (Å²) in [4.78, 5) is 2.31. The first-order chi connectivity index (χ1) is 8.19. The number of nitrogens with zero attached hydrogens (tertiary/aromatic N) is 1. The fraction of sp³-hybridized carbons (Fsp3) is 0.538. The van der Waals surface area contributed by atoms with Gasteiger partial charge in [-0.25, -0.2) is 0 Å². The molecule has 1 unspecified atom stereocenters. The van der Waals surface area contributed by atoms with Crippen LogP contribution in [0.1, 0.15) is 11.1 Å². The fourth-order valence-corrected chi connectivity index (χ4v) is 2.34. The van der Waals surface area contributed by atoms with Gasteiger partial charge in [-0.3, -0.25) is 4.90 Å². The molecule has 1 aromatic rings. The van der Waals surface area contributed by atoms with Crippen molar-refractivity contribution in [3.05, 3.63) is 34.3 Å². The van der Waals surface area contributed by atoms with Crippen molar-refractivity contribution in [2.24, 2.45) is 0 Å². The molecule has 1 fully saturated rings. The van der Waals surface area contributed by atoms with Gasteiger partial charge in [-0.15, -0.1) is 0 Å². The van der Waals surface area contributed by atoms with Crippen LogP contribution in [-0.2, 0) is 11.3 Å². The van der Waals surface area contributed by atoms with Gasteiger partial charge in [0.15, 0.2) is 0 Å². The molecule has 1 N–H and O–H groups in total. The number of benzene rings is 1. The minimum atomic E-state index is -0.0450. The zero-order chi connectivity index (χ0) is 12.3. The van der Waals surface area contributed by atoms with Crippen molar-refractivity contribution < 1.29 is 9.84 Å². The second kappa shape index (κ2) is 5.83. The number of hydrogen-bond acceptors (Lipinski definition) is 3. The molecular weight excluding hydrogens is 238 g/mol. The Morgan fingerprint density at radius 2 is 2.35 bits per heavy atom. The molecule has 1 heterocycles. The Morgan fingerprint density at radius 3 is 3.06 bits per heavy atom. The predicted octanol–water partition coefficient (Wildman–Crippen LogP) is 1.84. The van der Waals surface area contributed by atoms with Crippen LogP contribution >= 0.6 is 11.6 Å². The van der Waals surface area contributed by atoms with Crippen LogP contribution in [0.2, 0.25) is 5.02 Å². The third-order valence-electron chi connectivity index (χ3n) is 3.13. The van der Waals surface area contributed by atoms with Gasteiger partial charge in [0.25, 0.3) is 0 Å². The zero-order valence-electron chi connectivity index (χ0n) is 10.0. The molecule has 3 nitrogen and oxygen atoms in total. The lowest BCUT2D eigenvalue weighted by molar-refractivity contribution is -0.0551. The summed E-state index contributed by atoms with van der Waals surface area (Å²) in [6, 6.07) is 5.98. The molecular formula is C13H18ClNO2. The molecule has 2 rings (SSSR count). The maximum Gasteiger partial charge on any atom is 0.0933 e. The molecule has 0 bridgehead atoms. The van der Waals surface area contributed by atoms with Crippen molar-refractivity contribution in [2.75, 3.05) is 26.3 Å². The molecule has 0 spiro atoms. The van der Waals surface area contributed by atoms with Crippen molar-refractivity contribution in [3.8, 4) is 0 Å². The topological polar surface area (TPSA) is 32.7 Å². The highest BCUT2D eigenvalue weighted by atomic mass is 35.5. The van der Waals surface area contributed by atoms with Crippen molar-refractivity contribution in [3.63, 3.8) is 0 Å². The number of morpholine rings is 1. The lowest BCUT2D eigenvalue weighted by atomic mass is 10.1. The maximum absolute atomic E-state index is 9.10. The van der Waals surface area contributed by atoms with E-state index in [1.165, 1.54) is 11.1 Å². The van der Waals surface area contributed by atoms with Crippen molar-refractivity contribution in [1.29, 1.82) is 0 Å². The Morgan fingerprint density at radius 1 is 1.53 bits per heavy atom. The van der Waals surface area contributed by atoms with E-state index in [0.29, 0.717) is 6.61 Å². The highest BCUT2D eigenvalue weighted by Gasteiger charge is 2.19. The number of aliphatic hydroxyl groups excluding tert-OH is 1. The number of aryl methyl sites for hydroxylation is 1. The molecule has 0 amide bonds. The maximum atomic E-state index is 9.10. The molecule has 1 aliphatic heterocycles. The van der Waals surface area contributed by atoms with E-state index < -0.39 is 0 Å². The molecule has 1 aromatic carbocycles. The van der Waals surface area contributed by atoms with Crippen molar-refractivity contribution >= 4 is 11.6 Å². The Bertz CT molecular complexity index is 384. The monoisotopic (exact) mass is 255 g/mol. The van der Waals surface area contributed by atoms with E-state index in [1.54, 1.807) is 0 Å². The largest absolute Gasteiger partial charge is 0.394 e. The van der Waals surface area contributed by atoms with Crippen LogP contribution in [0, 0.1) is 6.92 Å². The standard InChI is InChI=1S/C13H18ClNO2/c1-10-6-12(14)3-2-11(10)7-15-4-5-17-13(8-15)9-16/h2-3,6,13,16H,4-5,7-9H2,1H3. The van der Waals surface area contributed by atoms with Gasteiger partial charge in [0.1, 0.15) is 0 Å². The van der Waals surface area contributed by atoms with E-state index in [4.69, 9.17) is 21.4 Å². The SMILES string of the molecule is Cc1cc(Cl)ccc1CN1CCOC(CO)C1. The number of halogens is 1. The molecule has 17 heavy (non-hydrogen) atoms. The van der Waals surface area contributed by atoms with Crippen LogP contribution in [0.4, 0.5) is 0 Å². The van der Waals surface area contributed by atoms with E-state index in [0.717, 1.165) is 24.7 Å². The van der Waals surface area contributed by atoms with Crippen LogP contribution in [0.15, 0.2) is 18.2 Å². The normalized spacial score (nSPS) is 21.7. The number of aliphatic hydroxyl groups is 1. The third-order valence-corrected chi connectivity index (χ3v) is 3.36. The summed E-state index contributed by atoms with van der Waals surface area (Å²) in [6.07, 6.45) is -0.0450. The van der Waals surface area contributed by atoms with E-state index in [-0.39, 0.29) is 12.7 Å². The molecule has 94 valence electrons. The van der Waals surface area contributed by atoms with E-state index >= 15 is 0 Å². The molecule has 0 radical (unpaired) electrons. The summed E-state index contributed by atoms with van der Waals surface area (Å²) >= 11 is 5.94. The molecule has 4 heteroatoms. The first-order valence-corrected chi connectivity index (χ1v) is 6.26. The highest BCUT2D eigenvalue weighted by Crippen LogP contribution is 2.18. The van der Waals surface area contributed by atoms with Gasteiger partial charge in [-0.05, 0) is 30.2 Å². The average molecular weight is 256 g/mol. The molecule has 1 saturated heterocycles. The predicted molar refractivity (Wildman–Crippen MR) is 68.3 cm³/mol. The van der Waals surface area contributed by atoms with Crippen molar-refractivity contribution in [2.45, 2.75) is 19.6 Å². The summed E-state index contributed by atoms with van der Waals surface area (Å²) in [7, 11) is 0. The lowest BCUT2D eigenvalue weighted by Crippen LogP contribution is -2.43. The molecule has 0 aliphatic carbocycles. The zero-order valence-corrected chi connectivity index (χ0v) is 10.8. The average Bonchev–Trinajstić information content (AvgIpc) is 2.33. The summed E-state index contributed by atoms with van der Waals surface area (Å²) in [6.45, 7) is 5.46. The Balaban J connectivity index is 2.00. The van der Waals surface area contributed by atoms with E-state index in [2.05, 4.69) is 17.9 Å². The van der Waals surface area contributed by atoms with Crippen LogP contribution in [0.25, 0.3) is 0 Å². The number of ether oxygens (including phenoxy) is 1. The van der Waals surface area contributed by atoms with E-state index in [1.807, 2.05) is 12.1 Å². The van der Waals surface area contributed by atoms with Crippen LogP contribution < -0.4 is 0 Å². The summed E-state index contributed by atoms with van der Waals surface area (Å²) in [5.41, 5.74) is 2.50. The van der Waals surface area contributed by atoms with Gasteiger partial charge < -0.3 is 9.84 Å². The van der Waals surface area contributed by atoms with Crippen LogP contribution in [0.5, 0.6) is 0 Å². The van der Waals surface area contributed by atoms with Gasteiger partial charge in [-0.2, -0.15) is 0 Å². The smallest absolute Gasteiger partial charge is 0.0933 e. The molecule has 1 aliphatic rings. The summed E-state index contributed by atoms with van der Waals surface area (Å²) in [5, 5.41) is 9.88. The Kier molecular flexibility index (Phi) is 4.40. The Hall–Kier alpha value is -0.610. The minimum absolute atomic E-state index is 0.0450. The highest BCUT2D eigenvalue weighted by molar-refractivity contribution is 6.30. The van der Waals surface area contributed by atoms with Gasteiger partial charge in [0.05, 0.1) is 19.3 Å². The van der Waals surface area contributed by atoms with E-state index in [9.17, 15) is 0 Å². The summed E-state index contributed by atoms with van der Waals surface area (Å²) < 4.78 is 5.43. The molecule has 0 saturated carbocycles. The second-order valence-corrected chi connectivity index (χ2v) is 4.92. The molecule has 0 aromatic heterocycles. The quantitative estimate of drug-likeness (QED) is 0.895. The second-order valence-electron chi connectivity index (χ2n) is 4.48. The lowest BCUT2D eigenvalue weighted by Gasteiger charge is -2.32. The number of rotatable bonds is 3. The minimum Gasteiger partial charge on any atom is -0.394 e. The Labute approximate surface area is 107 Å². The van der Waals surface area contributed by atoms with Gasteiger partial charge in [0, 0.05) is 24.7 Å². The van der Waals surface area contributed by atoms with Crippen LogP contribution in [-0.4, -0.2) is 42.4 Å². The van der Waals surface area contributed by atoms with Gasteiger partial charge in [0.2, 0.25) is 0 Å². The number of hydrogen-bond donors (Lipinski definition) is 1. The van der Waals surface area contributed by atoms with Crippen LogP contribution in [0.3, 0.4) is 0 Å². The first-order valence-electron chi connectivity index (χ1n) is 5.89. The third kappa shape index (κ3) is 3.42. The van der Waals surface area contributed by atoms with Gasteiger partial charge in [-0.1, -0.05) is 17.7 Å². The molecule has 1 atom stereocenters. The fourth-order valence-electron chi connectivity index (χ4n) is 2.11. The van der Waals surface area contributed by atoms with Crippen molar-refractivity contribution in [1.82, 2.24) is 4.90 Å². The first kappa shape index (κ1) is 12.8.